The minimum Gasteiger partial charge on any atom is -0.100 e. The molecule has 0 aliphatic rings. The van der Waals surface area contributed by atoms with E-state index in [-0.39, 0.29) is 0 Å². The van der Waals surface area contributed by atoms with Crippen molar-refractivity contribution in [1.29, 1.82) is 0 Å². The molecular formula is C17H34. The van der Waals surface area contributed by atoms with Crippen molar-refractivity contribution in [2.75, 3.05) is 0 Å². The zero-order valence-corrected chi connectivity index (χ0v) is 13.3. The summed E-state index contributed by atoms with van der Waals surface area (Å²) >= 11 is 0. The first kappa shape index (κ1) is 16.7. The molecule has 0 radical (unpaired) electrons. The maximum atomic E-state index is 4.05. The molecule has 1 atom stereocenters. The van der Waals surface area contributed by atoms with Crippen LogP contribution in [0.5, 0.6) is 0 Å². The van der Waals surface area contributed by atoms with Crippen LogP contribution in [0.25, 0.3) is 0 Å². The van der Waals surface area contributed by atoms with Crippen molar-refractivity contribution in [1.82, 2.24) is 0 Å². The van der Waals surface area contributed by atoms with Gasteiger partial charge in [-0.05, 0) is 55.8 Å². The standard InChI is InChI=1S/C17H34/c1-13(2)9-16(7)12-17(8,10-14(3)4)11-15(5)6/h14-16H,1,9-12H2,2-8H3. The second-order valence-electron chi connectivity index (χ2n) is 7.48. The van der Waals surface area contributed by atoms with Gasteiger partial charge in [-0.3, -0.25) is 0 Å². The zero-order valence-electron chi connectivity index (χ0n) is 13.3. The molecule has 0 saturated heterocycles. The van der Waals surface area contributed by atoms with Gasteiger partial charge >= 0.3 is 0 Å². The number of allylic oxidation sites excluding steroid dienone is 1. The maximum absolute atomic E-state index is 4.05. The van der Waals surface area contributed by atoms with Crippen LogP contribution in [-0.4, -0.2) is 0 Å². The predicted octanol–water partition coefficient (Wildman–Crippen LogP) is 6.08. The molecule has 0 aliphatic heterocycles. The smallest absolute Gasteiger partial charge is 0.0300 e. The van der Waals surface area contributed by atoms with Crippen LogP contribution >= 0.6 is 0 Å². The van der Waals surface area contributed by atoms with Gasteiger partial charge in [0.05, 0.1) is 0 Å². The van der Waals surface area contributed by atoms with E-state index >= 15 is 0 Å². The minimum atomic E-state index is 0.511. The quantitative estimate of drug-likeness (QED) is 0.450. The first-order valence-corrected chi connectivity index (χ1v) is 7.29. The second-order valence-corrected chi connectivity index (χ2v) is 7.48. The van der Waals surface area contributed by atoms with Crippen molar-refractivity contribution in [2.24, 2.45) is 23.2 Å². The molecule has 0 aromatic heterocycles. The Labute approximate surface area is 110 Å². The maximum Gasteiger partial charge on any atom is -0.0300 e. The molecule has 0 saturated carbocycles. The van der Waals surface area contributed by atoms with Crippen molar-refractivity contribution in [3.05, 3.63) is 12.2 Å². The molecule has 17 heavy (non-hydrogen) atoms. The van der Waals surface area contributed by atoms with E-state index in [0.29, 0.717) is 5.41 Å². The third kappa shape index (κ3) is 8.46. The molecule has 102 valence electrons. The topological polar surface area (TPSA) is 0 Å². The largest absolute Gasteiger partial charge is 0.100 e. The van der Waals surface area contributed by atoms with E-state index < -0.39 is 0 Å². The summed E-state index contributed by atoms with van der Waals surface area (Å²) in [6.45, 7) is 20.5. The fourth-order valence-electron chi connectivity index (χ4n) is 3.73. The van der Waals surface area contributed by atoms with Gasteiger partial charge in [-0.1, -0.05) is 47.1 Å². The summed E-state index contributed by atoms with van der Waals surface area (Å²) in [6, 6.07) is 0. The van der Waals surface area contributed by atoms with Gasteiger partial charge in [-0.25, -0.2) is 0 Å². The molecule has 0 aromatic carbocycles. The summed E-state index contributed by atoms with van der Waals surface area (Å²) in [7, 11) is 0. The first-order chi connectivity index (χ1) is 7.64. The Hall–Kier alpha value is -0.260. The van der Waals surface area contributed by atoms with Gasteiger partial charge in [0.25, 0.3) is 0 Å². The summed E-state index contributed by atoms with van der Waals surface area (Å²) < 4.78 is 0. The summed E-state index contributed by atoms with van der Waals surface area (Å²) in [5, 5.41) is 0. The average molecular weight is 238 g/mol. The zero-order chi connectivity index (χ0) is 13.6. The molecule has 0 heterocycles. The van der Waals surface area contributed by atoms with Crippen LogP contribution in [0.3, 0.4) is 0 Å². The van der Waals surface area contributed by atoms with Gasteiger partial charge < -0.3 is 0 Å². The van der Waals surface area contributed by atoms with Crippen LogP contribution < -0.4 is 0 Å². The molecule has 0 fully saturated rings. The lowest BCUT2D eigenvalue weighted by atomic mass is 9.70. The summed E-state index contributed by atoms with van der Waals surface area (Å²) in [5.74, 6) is 2.38. The molecule has 0 nitrogen and oxygen atoms in total. The van der Waals surface area contributed by atoms with Crippen molar-refractivity contribution in [3.63, 3.8) is 0 Å². The average Bonchev–Trinajstić information content (AvgIpc) is 1.95. The normalized spacial score (nSPS) is 14.4. The Bertz CT molecular complexity index is 212. The van der Waals surface area contributed by atoms with Crippen LogP contribution in [0.1, 0.15) is 74.1 Å². The third-order valence-corrected chi connectivity index (χ3v) is 3.34. The van der Waals surface area contributed by atoms with Crippen LogP contribution in [0, 0.1) is 23.2 Å². The number of hydrogen-bond acceptors (Lipinski definition) is 0. The molecule has 1 unspecified atom stereocenters. The fourth-order valence-corrected chi connectivity index (χ4v) is 3.73. The fraction of sp³-hybridized carbons (Fsp3) is 0.882. The van der Waals surface area contributed by atoms with E-state index in [1.807, 2.05) is 0 Å². The molecule has 0 heteroatoms. The van der Waals surface area contributed by atoms with Gasteiger partial charge in [0.1, 0.15) is 0 Å². The van der Waals surface area contributed by atoms with Gasteiger partial charge in [0, 0.05) is 0 Å². The molecule has 0 spiro atoms. The van der Waals surface area contributed by atoms with E-state index in [4.69, 9.17) is 0 Å². The van der Waals surface area contributed by atoms with Gasteiger partial charge in [0.2, 0.25) is 0 Å². The van der Waals surface area contributed by atoms with Gasteiger partial charge in [-0.15, -0.1) is 6.58 Å². The molecule has 0 bridgehead atoms. The van der Waals surface area contributed by atoms with Gasteiger partial charge in [0.15, 0.2) is 0 Å². The lowest BCUT2D eigenvalue weighted by Crippen LogP contribution is -2.24. The van der Waals surface area contributed by atoms with Crippen LogP contribution in [0.15, 0.2) is 12.2 Å². The lowest BCUT2D eigenvalue weighted by Gasteiger charge is -2.35. The van der Waals surface area contributed by atoms with Crippen molar-refractivity contribution >= 4 is 0 Å². The van der Waals surface area contributed by atoms with Crippen molar-refractivity contribution in [3.8, 4) is 0 Å². The molecule has 0 amide bonds. The van der Waals surface area contributed by atoms with Crippen LogP contribution in [0.2, 0.25) is 0 Å². The Kier molecular flexibility index (Phi) is 7.13. The Morgan fingerprint density at radius 2 is 1.35 bits per heavy atom. The SMILES string of the molecule is C=C(C)CC(C)CC(C)(CC(C)C)CC(C)C. The highest BCUT2D eigenvalue weighted by molar-refractivity contribution is 4.91. The summed E-state index contributed by atoms with van der Waals surface area (Å²) in [5.41, 5.74) is 1.84. The Morgan fingerprint density at radius 1 is 0.941 bits per heavy atom. The summed E-state index contributed by atoms with van der Waals surface area (Å²) in [6.07, 6.45) is 5.24. The van der Waals surface area contributed by atoms with E-state index in [9.17, 15) is 0 Å². The first-order valence-electron chi connectivity index (χ1n) is 7.29. The predicted molar refractivity (Wildman–Crippen MR) is 80.2 cm³/mol. The Morgan fingerprint density at radius 3 is 1.65 bits per heavy atom. The summed E-state index contributed by atoms with van der Waals surface area (Å²) in [4.78, 5) is 0. The van der Waals surface area contributed by atoms with E-state index in [0.717, 1.165) is 17.8 Å². The molecule has 0 N–H and O–H groups in total. The van der Waals surface area contributed by atoms with Crippen molar-refractivity contribution in [2.45, 2.75) is 74.1 Å². The number of hydrogen-bond donors (Lipinski definition) is 0. The molecular weight excluding hydrogens is 204 g/mol. The third-order valence-electron chi connectivity index (χ3n) is 3.34. The van der Waals surface area contributed by atoms with Gasteiger partial charge in [-0.2, -0.15) is 0 Å². The highest BCUT2D eigenvalue weighted by atomic mass is 14.3. The minimum absolute atomic E-state index is 0.511. The Balaban J connectivity index is 4.51. The van der Waals surface area contributed by atoms with E-state index in [2.05, 4.69) is 55.0 Å². The molecule has 0 aliphatic carbocycles. The number of rotatable bonds is 8. The molecule has 0 aromatic rings. The molecule has 0 rings (SSSR count). The monoisotopic (exact) mass is 238 g/mol. The van der Waals surface area contributed by atoms with Crippen LogP contribution in [0.4, 0.5) is 0 Å². The highest BCUT2D eigenvalue weighted by Gasteiger charge is 2.28. The lowest BCUT2D eigenvalue weighted by molar-refractivity contribution is 0.162. The van der Waals surface area contributed by atoms with Crippen LogP contribution in [-0.2, 0) is 0 Å². The van der Waals surface area contributed by atoms with E-state index in [1.165, 1.54) is 31.3 Å². The second kappa shape index (κ2) is 7.24. The van der Waals surface area contributed by atoms with E-state index in [1.54, 1.807) is 0 Å². The van der Waals surface area contributed by atoms with Crippen molar-refractivity contribution < 1.29 is 0 Å². The highest BCUT2D eigenvalue weighted by Crippen LogP contribution is 2.40.